The minimum Gasteiger partial charge on any atom is -0.444 e. The number of amides is 1. The number of nitrogen functional groups attached to an aromatic ring is 1. The van der Waals surface area contributed by atoms with Crippen LogP contribution >= 0.6 is 23.2 Å². The number of carbonyl (C=O) groups is 1. The molecule has 0 aliphatic heterocycles. The summed E-state index contributed by atoms with van der Waals surface area (Å²) >= 11 is 11.6. The normalized spacial score (nSPS) is 14.3. The summed E-state index contributed by atoms with van der Waals surface area (Å²) in [6.07, 6.45) is -3.63. The molecule has 124 valence electrons. The maximum Gasteiger partial charge on any atom is 0.407 e. The Bertz CT molecular complexity index is 527. The topological polar surface area (TPSA) is 131 Å². The molecule has 0 spiro atoms. The molecule has 22 heavy (non-hydrogen) atoms. The molecule has 1 rings (SSSR count). The largest absolute Gasteiger partial charge is 0.444 e. The number of nitrogens with zero attached hydrogens (tertiary/aromatic N) is 2. The highest BCUT2D eigenvalue weighted by atomic mass is 35.5. The van der Waals surface area contributed by atoms with Crippen molar-refractivity contribution >= 4 is 35.2 Å². The molecule has 10 heteroatoms. The number of halogens is 2. The Kier molecular flexibility index (Phi) is 6.18. The van der Waals surface area contributed by atoms with Gasteiger partial charge in [0.05, 0.1) is 5.56 Å². The fraction of sp³-hybridized carbons (Fsp3) is 0.583. The van der Waals surface area contributed by atoms with E-state index in [0.29, 0.717) is 0 Å². The highest BCUT2D eigenvalue weighted by Crippen LogP contribution is 2.30. The van der Waals surface area contributed by atoms with E-state index in [0.717, 1.165) is 0 Å². The molecule has 2 unspecified atom stereocenters. The lowest BCUT2D eigenvalue weighted by molar-refractivity contribution is 0.0127. The zero-order valence-corrected chi connectivity index (χ0v) is 13.8. The summed E-state index contributed by atoms with van der Waals surface area (Å²) < 4.78 is 5.00. The van der Waals surface area contributed by atoms with Crippen LogP contribution in [-0.4, -0.2) is 44.5 Å². The predicted octanol–water partition coefficient (Wildman–Crippen LogP) is 1.28. The number of alkyl carbamates (subject to hydrolysis) is 1. The van der Waals surface area contributed by atoms with Crippen molar-refractivity contribution in [2.75, 3.05) is 12.3 Å². The first-order valence-electron chi connectivity index (χ1n) is 6.32. The SMILES string of the molecule is CC(C)(C)OC(=O)NCC(O)C(O)c1c(Cl)nc(N)nc1Cl. The Morgan fingerprint density at radius 3 is 2.27 bits per heavy atom. The number of rotatable bonds is 4. The summed E-state index contributed by atoms with van der Waals surface area (Å²) in [6, 6.07) is 0. The van der Waals surface area contributed by atoms with Crippen LogP contribution in [-0.2, 0) is 4.74 Å². The van der Waals surface area contributed by atoms with Crippen LogP contribution in [0.4, 0.5) is 10.7 Å². The van der Waals surface area contributed by atoms with E-state index in [-0.39, 0.29) is 28.4 Å². The van der Waals surface area contributed by atoms with Gasteiger partial charge in [0.1, 0.15) is 28.1 Å². The summed E-state index contributed by atoms with van der Waals surface area (Å²) in [5.74, 6) is -0.160. The molecule has 0 bridgehead atoms. The number of anilines is 1. The van der Waals surface area contributed by atoms with Crippen molar-refractivity contribution in [3.8, 4) is 0 Å². The minimum atomic E-state index is -1.50. The second-order valence-electron chi connectivity index (χ2n) is 5.47. The molecule has 8 nitrogen and oxygen atoms in total. The number of nitrogens with one attached hydrogen (secondary N) is 1. The highest BCUT2D eigenvalue weighted by Gasteiger charge is 2.26. The van der Waals surface area contributed by atoms with Crippen LogP contribution in [0.3, 0.4) is 0 Å². The number of nitrogens with two attached hydrogens (primary N) is 1. The Labute approximate surface area is 137 Å². The van der Waals surface area contributed by atoms with Crippen molar-refractivity contribution < 1.29 is 19.7 Å². The van der Waals surface area contributed by atoms with Crippen molar-refractivity contribution in [3.63, 3.8) is 0 Å². The molecule has 1 heterocycles. The van der Waals surface area contributed by atoms with E-state index >= 15 is 0 Å². The average Bonchev–Trinajstić information content (AvgIpc) is 2.32. The van der Waals surface area contributed by atoms with Gasteiger partial charge in [0.25, 0.3) is 0 Å². The van der Waals surface area contributed by atoms with E-state index in [4.69, 9.17) is 33.7 Å². The second-order valence-corrected chi connectivity index (χ2v) is 6.19. The predicted molar refractivity (Wildman–Crippen MR) is 81.7 cm³/mol. The molecule has 1 aromatic rings. The quantitative estimate of drug-likeness (QED) is 0.600. The van der Waals surface area contributed by atoms with Gasteiger partial charge in [0.2, 0.25) is 5.95 Å². The van der Waals surface area contributed by atoms with Crippen LogP contribution in [0.25, 0.3) is 0 Å². The van der Waals surface area contributed by atoms with Crippen molar-refractivity contribution in [2.45, 2.75) is 38.6 Å². The fourth-order valence-corrected chi connectivity index (χ4v) is 2.11. The van der Waals surface area contributed by atoms with Crippen LogP contribution < -0.4 is 11.1 Å². The first-order valence-corrected chi connectivity index (χ1v) is 7.08. The number of ether oxygens (including phenoxy) is 1. The third-order valence-corrected chi connectivity index (χ3v) is 2.96. The van der Waals surface area contributed by atoms with Gasteiger partial charge in [-0.3, -0.25) is 0 Å². The maximum absolute atomic E-state index is 11.5. The van der Waals surface area contributed by atoms with Gasteiger partial charge in [-0.2, -0.15) is 0 Å². The summed E-state index contributed by atoms with van der Waals surface area (Å²) in [7, 11) is 0. The third-order valence-electron chi connectivity index (χ3n) is 2.38. The van der Waals surface area contributed by atoms with E-state index in [2.05, 4.69) is 15.3 Å². The first-order chi connectivity index (χ1) is 10.0. The zero-order chi connectivity index (χ0) is 17.1. The Morgan fingerprint density at radius 1 is 1.32 bits per heavy atom. The van der Waals surface area contributed by atoms with Gasteiger partial charge in [-0.25, -0.2) is 14.8 Å². The fourth-order valence-electron chi connectivity index (χ4n) is 1.48. The number of hydrogen-bond acceptors (Lipinski definition) is 7. The summed E-state index contributed by atoms with van der Waals surface area (Å²) in [6.45, 7) is 4.81. The molecule has 0 aliphatic rings. The van der Waals surface area contributed by atoms with E-state index in [1.54, 1.807) is 20.8 Å². The van der Waals surface area contributed by atoms with Gasteiger partial charge in [-0.05, 0) is 20.8 Å². The highest BCUT2D eigenvalue weighted by molar-refractivity contribution is 6.34. The lowest BCUT2D eigenvalue weighted by Crippen LogP contribution is -2.39. The molecule has 0 aliphatic carbocycles. The second kappa shape index (κ2) is 7.28. The lowest BCUT2D eigenvalue weighted by atomic mass is 10.1. The van der Waals surface area contributed by atoms with Crippen molar-refractivity contribution in [2.24, 2.45) is 0 Å². The van der Waals surface area contributed by atoms with Gasteiger partial charge >= 0.3 is 6.09 Å². The molecule has 2 atom stereocenters. The average molecular weight is 353 g/mol. The lowest BCUT2D eigenvalue weighted by Gasteiger charge is -2.22. The summed E-state index contributed by atoms with van der Waals surface area (Å²) in [4.78, 5) is 18.8. The molecule has 0 radical (unpaired) electrons. The Hall–Kier alpha value is -1.35. The molecule has 5 N–H and O–H groups in total. The van der Waals surface area contributed by atoms with Crippen LogP contribution in [0.2, 0.25) is 10.3 Å². The van der Waals surface area contributed by atoms with E-state index in [9.17, 15) is 15.0 Å². The summed E-state index contributed by atoms with van der Waals surface area (Å²) in [5, 5.41) is 21.9. The zero-order valence-electron chi connectivity index (χ0n) is 12.3. The number of hydrogen-bond donors (Lipinski definition) is 4. The maximum atomic E-state index is 11.5. The number of aliphatic hydroxyl groups is 2. The molecule has 0 fully saturated rings. The van der Waals surface area contributed by atoms with E-state index in [1.807, 2.05) is 0 Å². The summed E-state index contributed by atoms with van der Waals surface area (Å²) in [5.41, 5.74) is 4.60. The molecule has 1 amide bonds. The molecular weight excluding hydrogens is 335 g/mol. The van der Waals surface area contributed by atoms with Gasteiger partial charge in [0.15, 0.2) is 0 Å². The smallest absolute Gasteiger partial charge is 0.407 e. The van der Waals surface area contributed by atoms with E-state index < -0.39 is 23.9 Å². The van der Waals surface area contributed by atoms with Gasteiger partial charge < -0.3 is 26.0 Å². The minimum absolute atomic E-state index is 0.0731. The number of aromatic nitrogens is 2. The Morgan fingerprint density at radius 2 is 1.82 bits per heavy atom. The van der Waals surface area contributed by atoms with Crippen molar-refractivity contribution in [1.29, 1.82) is 0 Å². The molecular formula is C12H18Cl2N4O4. The number of carbonyl (C=O) groups excluding carboxylic acids is 1. The monoisotopic (exact) mass is 352 g/mol. The van der Waals surface area contributed by atoms with Gasteiger partial charge in [-0.15, -0.1) is 0 Å². The van der Waals surface area contributed by atoms with Gasteiger partial charge in [0, 0.05) is 6.54 Å². The molecule has 0 aromatic carbocycles. The van der Waals surface area contributed by atoms with Gasteiger partial charge in [-0.1, -0.05) is 23.2 Å². The standard InChI is InChI=1S/C12H18Cl2N4O4/c1-12(2,3)22-11(21)16-4-5(19)7(20)6-8(13)17-10(15)18-9(6)14/h5,7,19-20H,4H2,1-3H3,(H,16,21)(H2,15,17,18). The Balaban J connectivity index is 2.70. The van der Waals surface area contributed by atoms with Crippen molar-refractivity contribution in [1.82, 2.24) is 15.3 Å². The third kappa shape index (κ3) is 5.45. The van der Waals surface area contributed by atoms with Crippen LogP contribution in [0.15, 0.2) is 0 Å². The number of aliphatic hydroxyl groups excluding tert-OH is 2. The molecule has 0 saturated heterocycles. The molecule has 0 saturated carbocycles. The van der Waals surface area contributed by atoms with Crippen molar-refractivity contribution in [3.05, 3.63) is 15.9 Å². The van der Waals surface area contributed by atoms with E-state index in [1.165, 1.54) is 0 Å². The van der Waals surface area contributed by atoms with Crippen LogP contribution in [0.1, 0.15) is 32.4 Å². The van der Waals surface area contributed by atoms with Crippen LogP contribution in [0, 0.1) is 0 Å². The molecule has 1 aromatic heterocycles. The first kappa shape index (κ1) is 18.7. The van der Waals surface area contributed by atoms with Crippen LogP contribution in [0.5, 0.6) is 0 Å².